The minimum absolute atomic E-state index is 0.0506. The lowest BCUT2D eigenvalue weighted by atomic mass is 10.0. The van der Waals surface area contributed by atoms with Crippen LogP contribution in [0.1, 0.15) is 17.2 Å². The van der Waals surface area contributed by atoms with Gasteiger partial charge in [-0.05, 0) is 46.5 Å². The fourth-order valence-corrected chi connectivity index (χ4v) is 2.32. The van der Waals surface area contributed by atoms with Crippen LogP contribution in [0.25, 0.3) is 0 Å². The lowest BCUT2D eigenvalue weighted by Gasteiger charge is -2.15. The Kier molecular flexibility index (Phi) is 3.66. The van der Waals surface area contributed by atoms with Crippen LogP contribution in [-0.4, -0.2) is 0 Å². The third-order valence-corrected chi connectivity index (χ3v) is 3.20. The van der Waals surface area contributed by atoms with Gasteiger partial charge in [0.25, 0.3) is 0 Å². The van der Waals surface area contributed by atoms with E-state index in [0.29, 0.717) is 0 Å². The van der Waals surface area contributed by atoms with Gasteiger partial charge in [-0.2, -0.15) is 11.3 Å². The lowest BCUT2D eigenvalue weighted by molar-refractivity contribution is 0.545. The summed E-state index contributed by atoms with van der Waals surface area (Å²) < 4.78 is 13.1. The zero-order valence-corrected chi connectivity index (χ0v) is 9.51. The van der Waals surface area contributed by atoms with Gasteiger partial charge in [-0.3, -0.25) is 11.3 Å². The van der Waals surface area contributed by atoms with Crippen molar-refractivity contribution in [2.45, 2.75) is 12.5 Å². The van der Waals surface area contributed by atoms with Gasteiger partial charge in [-0.15, -0.1) is 0 Å². The van der Waals surface area contributed by atoms with Crippen molar-refractivity contribution in [3.63, 3.8) is 0 Å². The highest BCUT2D eigenvalue weighted by Crippen LogP contribution is 2.19. The van der Waals surface area contributed by atoms with Gasteiger partial charge in [0.15, 0.2) is 0 Å². The smallest absolute Gasteiger partial charge is 0.123 e. The normalized spacial score (nSPS) is 12.6. The molecular weight excluding hydrogens is 223 g/mol. The zero-order valence-electron chi connectivity index (χ0n) is 8.69. The summed E-state index contributed by atoms with van der Waals surface area (Å²) in [5.74, 6) is 5.27. The molecule has 16 heavy (non-hydrogen) atoms. The molecule has 2 nitrogen and oxygen atoms in total. The summed E-state index contributed by atoms with van der Waals surface area (Å²) in [6.07, 6.45) is 0.767. The molecule has 1 aromatic carbocycles. The van der Waals surface area contributed by atoms with Crippen molar-refractivity contribution in [2.24, 2.45) is 5.84 Å². The Bertz CT molecular complexity index is 442. The molecule has 0 saturated carbocycles. The highest BCUT2D eigenvalue weighted by Gasteiger charge is 2.11. The van der Waals surface area contributed by atoms with Crippen LogP contribution in [0.2, 0.25) is 0 Å². The van der Waals surface area contributed by atoms with E-state index in [4.69, 9.17) is 5.84 Å². The second kappa shape index (κ2) is 5.21. The van der Waals surface area contributed by atoms with Crippen LogP contribution in [0.5, 0.6) is 0 Å². The first-order valence-electron chi connectivity index (χ1n) is 5.02. The van der Waals surface area contributed by atoms with Crippen LogP contribution in [0.4, 0.5) is 4.39 Å². The second-order valence-electron chi connectivity index (χ2n) is 3.61. The average molecular weight is 236 g/mol. The molecule has 1 atom stereocenters. The first-order chi connectivity index (χ1) is 7.79. The predicted molar refractivity (Wildman–Crippen MR) is 64.5 cm³/mol. The van der Waals surface area contributed by atoms with Crippen molar-refractivity contribution in [1.82, 2.24) is 5.43 Å². The Labute approximate surface area is 97.9 Å². The van der Waals surface area contributed by atoms with Gasteiger partial charge in [0.2, 0.25) is 0 Å². The molecule has 0 saturated heterocycles. The van der Waals surface area contributed by atoms with E-state index in [9.17, 15) is 4.39 Å². The summed E-state index contributed by atoms with van der Waals surface area (Å²) in [6, 6.07) is 8.51. The molecule has 84 valence electrons. The fourth-order valence-electron chi connectivity index (χ4n) is 1.64. The number of nitrogens with one attached hydrogen (secondary N) is 1. The van der Waals surface area contributed by atoms with Crippen molar-refractivity contribution < 1.29 is 4.39 Å². The second-order valence-corrected chi connectivity index (χ2v) is 4.39. The van der Waals surface area contributed by atoms with E-state index in [1.807, 2.05) is 17.5 Å². The molecule has 0 fully saturated rings. The van der Waals surface area contributed by atoms with Gasteiger partial charge in [-0.1, -0.05) is 12.1 Å². The van der Waals surface area contributed by atoms with E-state index in [-0.39, 0.29) is 11.9 Å². The molecule has 0 spiro atoms. The van der Waals surface area contributed by atoms with Crippen LogP contribution in [-0.2, 0) is 6.42 Å². The summed E-state index contributed by atoms with van der Waals surface area (Å²) in [5, 5.41) is 4.10. The molecule has 1 heterocycles. The summed E-state index contributed by atoms with van der Waals surface area (Å²) >= 11 is 1.65. The maximum atomic E-state index is 13.1. The number of halogens is 1. The molecule has 3 N–H and O–H groups in total. The summed E-state index contributed by atoms with van der Waals surface area (Å²) in [4.78, 5) is 0. The topological polar surface area (TPSA) is 38.0 Å². The molecule has 1 unspecified atom stereocenters. The molecule has 1 aromatic heterocycles. The Morgan fingerprint density at radius 3 is 2.88 bits per heavy atom. The van der Waals surface area contributed by atoms with Crippen LogP contribution in [0, 0.1) is 5.82 Å². The quantitative estimate of drug-likeness (QED) is 0.632. The van der Waals surface area contributed by atoms with Crippen molar-refractivity contribution in [3.8, 4) is 0 Å². The summed E-state index contributed by atoms with van der Waals surface area (Å²) in [7, 11) is 0. The number of hydrogen-bond acceptors (Lipinski definition) is 3. The highest BCUT2D eigenvalue weighted by molar-refractivity contribution is 7.07. The van der Waals surface area contributed by atoms with Gasteiger partial charge in [-0.25, -0.2) is 4.39 Å². The number of hydrogen-bond donors (Lipinski definition) is 2. The van der Waals surface area contributed by atoms with Crippen molar-refractivity contribution in [2.75, 3.05) is 0 Å². The number of rotatable bonds is 4. The van der Waals surface area contributed by atoms with Crippen LogP contribution in [0.15, 0.2) is 41.1 Å². The van der Waals surface area contributed by atoms with E-state index in [1.165, 1.54) is 17.7 Å². The lowest BCUT2D eigenvalue weighted by Crippen LogP contribution is -2.29. The Morgan fingerprint density at radius 2 is 2.25 bits per heavy atom. The molecule has 0 radical (unpaired) electrons. The molecule has 0 aliphatic rings. The maximum absolute atomic E-state index is 13.1. The molecule has 0 aliphatic carbocycles. The van der Waals surface area contributed by atoms with Crippen molar-refractivity contribution in [1.29, 1.82) is 0 Å². The first kappa shape index (κ1) is 11.3. The van der Waals surface area contributed by atoms with Gasteiger partial charge < -0.3 is 0 Å². The van der Waals surface area contributed by atoms with Crippen LogP contribution < -0.4 is 11.3 Å². The van der Waals surface area contributed by atoms with E-state index in [2.05, 4.69) is 10.8 Å². The Hall–Kier alpha value is -1.23. The maximum Gasteiger partial charge on any atom is 0.123 e. The van der Waals surface area contributed by atoms with Crippen molar-refractivity contribution >= 4 is 11.3 Å². The minimum atomic E-state index is -0.233. The monoisotopic (exact) mass is 236 g/mol. The summed E-state index contributed by atoms with van der Waals surface area (Å²) in [6.45, 7) is 0. The van der Waals surface area contributed by atoms with E-state index in [0.717, 1.165) is 12.0 Å². The molecule has 2 aromatic rings. The van der Waals surface area contributed by atoms with Gasteiger partial charge in [0.05, 0.1) is 6.04 Å². The number of thiophene rings is 1. The predicted octanol–water partition coefficient (Wildman–Crippen LogP) is 2.63. The first-order valence-corrected chi connectivity index (χ1v) is 5.96. The molecule has 0 amide bonds. The van der Waals surface area contributed by atoms with Gasteiger partial charge >= 0.3 is 0 Å². The number of nitrogens with two attached hydrogens (primary N) is 1. The van der Waals surface area contributed by atoms with Gasteiger partial charge in [0.1, 0.15) is 5.82 Å². The van der Waals surface area contributed by atoms with E-state index in [1.54, 1.807) is 17.4 Å². The molecule has 4 heteroatoms. The number of benzene rings is 1. The third-order valence-electron chi connectivity index (χ3n) is 2.47. The van der Waals surface area contributed by atoms with Crippen molar-refractivity contribution in [3.05, 3.63) is 58.0 Å². The minimum Gasteiger partial charge on any atom is -0.271 e. The molecule has 2 rings (SSSR count). The standard InChI is InChI=1S/C12H13FN2S/c13-11-3-1-2-10(7-11)12(15-14)6-9-4-5-16-8-9/h1-5,7-8,12,15H,6,14H2. The molecular formula is C12H13FN2S. The highest BCUT2D eigenvalue weighted by atomic mass is 32.1. The number of hydrazine groups is 1. The third kappa shape index (κ3) is 2.66. The zero-order chi connectivity index (χ0) is 11.4. The average Bonchev–Trinajstić information content (AvgIpc) is 2.78. The van der Waals surface area contributed by atoms with Gasteiger partial charge in [0, 0.05) is 0 Å². The fraction of sp³-hybridized carbons (Fsp3) is 0.167. The molecule has 0 aliphatic heterocycles. The molecule has 0 bridgehead atoms. The SMILES string of the molecule is NNC(Cc1ccsc1)c1cccc(F)c1. The summed E-state index contributed by atoms with van der Waals surface area (Å²) in [5.41, 5.74) is 4.80. The Balaban J connectivity index is 2.16. The van der Waals surface area contributed by atoms with E-state index >= 15 is 0 Å². The largest absolute Gasteiger partial charge is 0.271 e. The van der Waals surface area contributed by atoms with Crippen LogP contribution in [0.3, 0.4) is 0 Å². The van der Waals surface area contributed by atoms with Crippen LogP contribution >= 0.6 is 11.3 Å². The Morgan fingerprint density at radius 1 is 1.38 bits per heavy atom. The van der Waals surface area contributed by atoms with E-state index < -0.39 is 0 Å².